The zero-order valence-electron chi connectivity index (χ0n) is 15.7. The molecule has 1 aliphatic carbocycles. The number of hydrogen-bond acceptors (Lipinski definition) is 5. The highest BCUT2D eigenvalue weighted by atomic mass is 35.5. The first-order chi connectivity index (χ1) is 13.5. The van der Waals surface area contributed by atoms with Gasteiger partial charge >= 0.3 is 0 Å². The maximum absolute atomic E-state index is 12.8. The number of carbonyl (C=O) groups is 1. The van der Waals surface area contributed by atoms with E-state index in [9.17, 15) is 4.79 Å². The van der Waals surface area contributed by atoms with Gasteiger partial charge in [0.1, 0.15) is 10.9 Å². The Morgan fingerprint density at radius 2 is 1.71 bits per heavy atom. The smallest absolute Gasteiger partial charge is 0.189 e. The molecule has 142 valence electrons. The van der Waals surface area contributed by atoms with Gasteiger partial charge in [0, 0.05) is 40.1 Å². The number of halogens is 1. The number of ether oxygens (including phenoxy) is 3. The van der Waals surface area contributed by atoms with E-state index in [1.54, 1.807) is 33.5 Å². The highest BCUT2D eigenvalue weighted by Gasteiger charge is 2.27. The van der Waals surface area contributed by atoms with Crippen molar-refractivity contribution in [2.75, 3.05) is 21.3 Å². The minimum atomic E-state index is -0.0163. The highest BCUT2D eigenvalue weighted by molar-refractivity contribution is 6.31. The van der Waals surface area contributed by atoms with Crippen LogP contribution in [0.1, 0.15) is 21.5 Å². The van der Waals surface area contributed by atoms with Gasteiger partial charge in [0.05, 0.1) is 26.8 Å². The van der Waals surface area contributed by atoms with Gasteiger partial charge in [-0.05, 0) is 24.3 Å². The van der Waals surface area contributed by atoms with Crippen molar-refractivity contribution in [2.24, 2.45) is 0 Å². The van der Waals surface area contributed by atoms with E-state index in [-0.39, 0.29) is 5.78 Å². The molecule has 0 N–H and O–H groups in total. The first kappa shape index (κ1) is 18.3. The monoisotopic (exact) mass is 395 g/mol. The molecule has 1 aromatic heterocycles. The van der Waals surface area contributed by atoms with Gasteiger partial charge in [-0.2, -0.15) is 0 Å². The van der Waals surface area contributed by atoms with E-state index in [0.29, 0.717) is 51.0 Å². The fraction of sp³-hybridized carbons (Fsp3) is 0.182. The molecule has 3 aromatic rings. The second-order valence-electron chi connectivity index (χ2n) is 6.43. The lowest BCUT2D eigenvalue weighted by atomic mass is 10.1. The van der Waals surface area contributed by atoms with Crippen LogP contribution in [-0.4, -0.2) is 32.1 Å². The van der Waals surface area contributed by atoms with E-state index in [1.165, 1.54) is 0 Å². The average molecular weight is 396 g/mol. The predicted octanol–water partition coefficient (Wildman–Crippen LogP) is 4.74. The van der Waals surface area contributed by atoms with E-state index >= 15 is 0 Å². The van der Waals surface area contributed by atoms with E-state index in [1.807, 2.05) is 30.3 Å². The number of fused-ring (bicyclic) bond motifs is 2. The lowest BCUT2D eigenvalue weighted by Crippen LogP contribution is -1.96. The van der Waals surface area contributed by atoms with Crippen LogP contribution in [0.15, 0.2) is 42.0 Å². The summed E-state index contributed by atoms with van der Waals surface area (Å²) in [5.41, 5.74) is 3.59. The maximum Gasteiger partial charge on any atom is 0.189 e. The van der Waals surface area contributed by atoms with Crippen molar-refractivity contribution in [3.63, 3.8) is 0 Å². The van der Waals surface area contributed by atoms with E-state index in [2.05, 4.69) is 4.98 Å². The number of hydrogen-bond donors (Lipinski definition) is 0. The maximum atomic E-state index is 12.8. The van der Waals surface area contributed by atoms with Crippen LogP contribution in [-0.2, 0) is 6.42 Å². The molecule has 1 aliphatic rings. The normalized spacial score (nSPS) is 14.4. The van der Waals surface area contributed by atoms with Gasteiger partial charge in [-0.25, -0.2) is 4.98 Å². The number of ketones is 1. The second kappa shape index (κ2) is 7.17. The number of Topliss-reactive ketones (excluding diaryl/α,β-unsaturated/α-hetero) is 1. The van der Waals surface area contributed by atoms with Crippen LogP contribution in [0.3, 0.4) is 0 Å². The molecule has 0 aliphatic heterocycles. The molecule has 0 fully saturated rings. The summed E-state index contributed by atoms with van der Waals surface area (Å²) in [6.07, 6.45) is 2.30. The third kappa shape index (κ3) is 2.98. The summed E-state index contributed by atoms with van der Waals surface area (Å²) < 4.78 is 16.1. The molecule has 0 radical (unpaired) electrons. The zero-order valence-corrected chi connectivity index (χ0v) is 16.5. The van der Waals surface area contributed by atoms with Crippen molar-refractivity contribution in [3.8, 4) is 17.2 Å². The Morgan fingerprint density at radius 1 is 1.00 bits per heavy atom. The van der Waals surface area contributed by atoms with E-state index in [0.717, 1.165) is 10.9 Å². The van der Waals surface area contributed by atoms with Gasteiger partial charge in [-0.15, -0.1) is 0 Å². The summed E-state index contributed by atoms with van der Waals surface area (Å²) in [6, 6.07) is 11.0. The summed E-state index contributed by atoms with van der Waals surface area (Å²) in [7, 11) is 4.76. The van der Waals surface area contributed by atoms with Gasteiger partial charge in [-0.1, -0.05) is 23.7 Å². The Hall–Kier alpha value is -3.05. The first-order valence-electron chi connectivity index (χ1n) is 8.69. The van der Waals surface area contributed by atoms with Crippen LogP contribution in [0.2, 0.25) is 5.15 Å². The number of nitrogens with zero attached hydrogens (tertiary/aromatic N) is 1. The fourth-order valence-electron chi connectivity index (χ4n) is 3.49. The Bertz CT molecular complexity index is 1140. The second-order valence-corrected chi connectivity index (χ2v) is 6.79. The van der Waals surface area contributed by atoms with Crippen molar-refractivity contribution in [2.45, 2.75) is 6.42 Å². The molecule has 0 bridgehead atoms. The fourth-order valence-corrected chi connectivity index (χ4v) is 3.70. The van der Waals surface area contributed by atoms with Crippen molar-refractivity contribution >= 4 is 34.4 Å². The van der Waals surface area contributed by atoms with Crippen LogP contribution < -0.4 is 14.2 Å². The van der Waals surface area contributed by atoms with Crippen molar-refractivity contribution in [1.29, 1.82) is 0 Å². The van der Waals surface area contributed by atoms with Gasteiger partial charge in [0.15, 0.2) is 17.3 Å². The molecule has 2 aromatic carbocycles. The van der Waals surface area contributed by atoms with Crippen molar-refractivity contribution in [1.82, 2.24) is 4.98 Å². The number of rotatable bonds is 4. The van der Waals surface area contributed by atoms with Crippen LogP contribution >= 0.6 is 11.6 Å². The molecular weight excluding hydrogens is 378 g/mol. The number of methoxy groups -OCH3 is 3. The molecule has 1 heterocycles. The van der Waals surface area contributed by atoms with Gasteiger partial charge in [-0.3, -0.25) is 4.79 Å². The van der Waals surface area contributed by atoms with Crippen LogP contribution in [0.5, 0.6) is 17.2 Å². The standard InChI is InChI=1S/C22H18ClNO4/c1-26-18-6-4-5-15-16(18)9-13(21(15)25)8-14-7-12-10-19(27-2)20(28-3)11-17(12)24-22(14)23/h4-8,10-11H,9H2,1-3H3/b13-8+. The molecule has 0 saturated heterocycles. The molecule has 5 nitrogen and oxygen atoms in total. The molecular formula is C22H18ClNO4. The van der Waals surface area contributed by atoms with Gasteiger partial charge in [0.25, 0.3) is 0 Å². The van der Waals surface area contributed by atoms with Gasteiger partial charge < -0.3 is 14.2 Å². The van der Waals surface area contributed by atoms with E-state index in [4.69, 9.17) is 25.8 Å². The number of benzene rings is 2. The summed E-state index contributed by atoms with van der Waals surface area (Å²) >= 11 is 6.40. The summed E-state index contributed by atoms with van der Waals surface area (Å²) in [5.74, 6) is 1.89. The number of allylic oxidation sites excluding steroid dienone is 1. The molecule has 6 heteroatoms. The molecule has 0 atom stereocenters. The van der Waals surface area contributed by atoms with Crippen LogP contribution in [0, 0.1) is 0 Å². The first-order valence-corrected chi connectivity index (χ1v) is 9.07. The minimum Gasteiger partial charge on any atom is -0.496 e. The average Bonchev–Trinajstić information content (AvgIpc) is 3.03. The lowest BCUT2D eigenvalue weighted by Gasteiger charge is -2.10. The zero-order chi connectivity index (χ0) is 19.8. The molecule has 28 heavy (non-hydrogen) atoms. The van der Waals surface area contributed by atoms with E-state index < -0.39 is 0 Å². The van der Waals surface area contributed by atoms with Gasteiger partial charge in [0.2, 0.25) is 0 Å². The van der Waals surface area contributed by atoms with Crippen LogP contribution in [0.25, 0.3) is 17.0 Å². The summed E-state index contributed by atoms with van der Waals surface area (Å²) in [5, 5.41) is 1.16. The number of aromatic nitrogens is 1. The SMILES string of the molecule is COc1cc2cc(/C=C3\Cc4c(OC)cccc4C3=O)c(Cl)nc2cc1OC. The highest BCUT2D eigenvalue weighted by Crippen LogP contribution is 2.36. The Kier molecular flexibility index (Phi) is 4.69. The molecule has 0 spiro atoms. The van der Waals surface area contributed by atoms with Crippen molar-refractivity contribution < 1.29 is 19.0 Å². The molecule has 0 unspecified atom stereocenters. The third-order valence-electron chi connectivity index (χ3n) is 4.89. The third-order valence-corrected chi connectivity index (χ3v) is 5.19. The summed E-state index contributed by atoms with van der Waals surface area (Å²) in [4.78, 5) is 17.3. The Morgan fingerprint density at radius 3 is 2.43 bits per heavy atom. The quantitative estimate of drug-likeness (QED) is 0.472. The predicted molar refractivity (Wildman–Crippen MR) is 109 cm³/mol. The Balaban J connectivity index is 1.79. The molecule has 0 amide bonds. The Labute approximate surface area is 167 Å². The molecule has 0 saturated carbocycles. The lowest BCUT2D eigenvalue weighted by molar-refractivity contribution is 0.104. The molecule has 4 rings (SSSR count). The summed E-state index contributed by atoms with van der Waals surface area (Å²) in [6.45, 7) is 0. The minimum absolute atomic E-state index is 0.0163. The van der Waals surface area contributed by atoms with Crippen LogP contribution in [0.4, 0.5) is 0 Å². The number of carbonyl (C=O) groups excluding carboxylic acids is 1. The largest absolute Gasteiger partial charge is 0.496 e. The number of pyridine rings is 1. The topological polar surface area (TPSA) is 57.7 Å². The van der Waals surface area contributed by atoms with Crippen molar-refractivity contribution in [3.05, 3.63) is 63.8 Å².